The number of benzene rings is 1. The zero-order chi connectivity index (χ0) is 18.2. The summed E-state index contributed by atoms with van der Waals surface area (Å²) >= 11 is 0. The molecule has 0 heterocycles. The second-order valence-corrected chi connectivity index (χ2v) is 6.92. The first kappa shape index (κ1) is 19.2. The van der Waals surface area contributed by atoms with Crippen LogP contribution in [0.3, 0.4) is 0 Å². The molecule has 0 radical (unpaired) electrons. The zero-order valence-electron chi connectivity index (χ0n) is 15.7. The molecule has 0 atom stereocenters. The van der Waals surface area contributed by atoms with Crippen LogP contribution < -0.4 is 5.32 Å². The van der Waals surface area contributed by atoms with E-state index in [0.717, 1.165) is 24.9 Å². The minimum Gasteiger partial charge on any atom is -0.350 e. The van der Waals surface area contributed by atoms with E-state index < -0.39 is 0 Å². The van der Waals surface area contributed by atoms with Gasteiger partial charge >= 0.3 is 0 Å². The monoisotopic (exact) mass is 342 g/mol. The number of nitrogens with zero attached hydrogens (tertiary/aromatic N) is 1. The van der Waals surface area contributed by atoms with Gasteiger partial charge in [0.15, 0.2) is 0 Å². The van der Waals surface area contributed by atoms with Gasteiger partial charge in [0.1, 0.15) is 0 Å². The van der Waals surface area contributed by atoms with Gasteiger partial charge in [-0.25, -0.2) is 0 Å². The maximum atomic E-state index is 12.2. The molecule has 25 heavy (non-hydrogen) atoms. The van der Waals surface area contributed by atoms with Gasteiger partial charge < -0.3 is 10.2 Å². The smallest absolute Gasteiger partial charge is 0.251 e. The van der Waals surface area contributed by atoms with Crippen LogP contribution in [0.2, 0.25) is 0 Å². The van der Waals surface area contributed by atoms with Crippen molar-refractivity contribution in [3.8, 4) is 0 Å². The van der Waals surface area contributed by atoms with Gasteiger partial charge in [0.05, 0.1) is 0 Å². The molecule has 0 bridgehead atoms. The molecular formula is C21H30N2O2. The Morgan fingerprint density at radius 2 is 1.92 bits per heavy atom. The lowest BCUT2D eigenvalue weighted by molar-refractivity contribution is -0.128. The van der Waals surface area contributed by atoms with E-state index in [1.54, 1.807) is 6.92 Å². The molecule has 1 aromatic rings. The van der Waals surface area contributed by atoms with Crippen molar-refractivity contribution in [3.63, 3.8) is 0 Å². The normalized spacial score (nSPS) is 14.0. The molecule has 1 N–H and O–H groups in total. The molecule has 0 saturated carbocycles. The van der Waals surface area contributed by atoms with E-state index in [-0.39, 0.29) is 11.8 Å². The molecular weight excluding hydrogens is 312 g/mol. The van der Waals surface area contributed by atoms with E-state index in [4.69, 9.17) is 0 Å². The van der Waals surface area contributed by atoms with Crippen molar-refractivity contribution >= 4 is 11.8 Å². The first-order valence-electron chi connectivity index (χ1n) is 9.26. The summed E-state index contributed by atoms with van der Waals surface area (Å²) in [5.74, 6) is -0.0153. The van der Waals surface area contributed by atoms with Crippen LogP contribution in [0.4, 0.5) is 0 Å². The highest BCUT2D eigenvalue weighted by Crippen LogP contribution is 2.20. The molecule has 1 aliphatic rings. The summed E-state index contributed by atoms with van der Waals surface area (Å²) in [6.07, 6.45) is 8.15. The lowest BCUT2D eigenvalue weighted by Crippen LogP contribution is -2.38. The molecule has 4 nitrogen and oxygen atoms in total. The van der Waals surface area contributed by atoms with Gasteiger partial charge in [-0.2, -0.15) is 0 Å². The number of carbonyl (C=O) groups is 2. The SMILES string of the molecule is CC(=O)N(CCNC(=O)c1ccc(C)c(C)c1)CCC1=CCCCC1. The summed E-state index contributed by atoms with van der Waals surface area (Å²) in [6, 6.07) is 5.71. The van der Waals surface area contributed by atoms with Gasteiger partial charge in [0, 0.05) is 32.1 Å². The molecule has 1 aliphatic carbocycles. The average molecular weight is 342 g/mol. The van der Waals surface area contributed by atoms with Crippen LogP contribution in [0.15, 0.2) is 29.8 Å². The van der Waals surface area contributed by atoms with Crippen LogP contribution in [-0.4, -0.2) is 36.3 Å². The highest BCUT2D eigenvalue weighted by atomic mass is 16.2. The quantitative estimate of drug-likeness (QED) is 0.767. The third kappa shape index (κ3) is 6.04. The molecule has 0 aromatic heterocycles. The summed E-state index contributed by atoms with van der Waals surface area (Å²) in [5, 5.41) is 2.92. The Morgan fingerprint density at radius 1 is 1.12 bits per heavy atom. The number of hydrogen-bond acceptors (Lipinski definition) is 2. The Morgan fingerprint density at radius 3 is 2.56 bits per heavy atom. The largest absolute Gasteiger partial charge is 0.350 e. The lowest BCUT2D eigenvalue weighted by atomic mass is 9.97. The first-order chi connectivity index (χ1) is 12.0. The summed E-state index contributed by atoms with van der Waals surface area (Å²) in [7, 11) is 0. The standard InChI is InChI=1S/C21H30N2O2/c1-16-9-10-20(15-17(16)2)21(25)22-12-14-23(18(3)24)13-11-19-7-5-4-6-8-19/h7,9-10,15H,4-6,8,11-14H2,1-3H3,(H,22,25). The molecule has 0 spiro atoms. The predicted octanol–water partition coefficient (Wildman–Crippen LogP) is 3.77. The van der Waals surface area contributed by atoms with E-state index in [9.17, 15) is 9.59 Å². The number of amides is 2. The minimum atomic E-state index is -0.0819. The van der Waals surface area contributed by atoms with Gasteiger partial charge in [-0.15, -0.1) is 0 Å². The van der Waals surface area contributed by atoms with Gasteiger partial charge in [0.25, 0.3) is 5.91 Å². The van der Waals surface area contributed by atoms with Crippen molar-refractivity contribution in [2.24, 2.45) is 0 Å². The van der Waals surface area contributed by atoms with Crippen LogP contribution in [0.1, 0.15) is 60.5 Å². The number of hydrogen-bond donors (Lipinski definition) is 1. The number of carbonyl (C=O) groups excluding carboxylic acids is 2. The van der Waals surface area contributed by atoms with E-state index in [1.807, 2.05) is 36.9 Å². The molecule has 2 rings (SSSR count). The molecule has 136 valence electrons. The van der Waals surface area contributed by atoms with Crippen molar-refractivity contribution in [2.75, 3.05) is 19.6 Å². The Balaban J connectivity index is 1.80. The molecule has 4 heteroatoms. The summed E-state index contributed by atoms with van der Waals surface area (Å²) < 4.78 is 0. The Kier molecular flexibility index (Phi) is 7.23. The van der Waals surface area contributed by atoms with E-state index in [2.05, 4.69) is 11.4 Å². The second-order valence-electron chi connectivity index (χ2n) is 6.92. The molecule has 0 aliphatic heterocycles. The van der Waals surface area contributed by atoms with E-state index in [0.29, 0.717) is 18.7 Å². The maximum Gasteiger partial charge on any atom is 0.251 e. The Hall–Kier alpha value is -2.10. The third-order valence-corrected chi connectivity index (χ3v) is 4.97. The van der Waals surface area contributed by atoms with Gasteiger partial charge in [-0.3, -0.25) is 9.59 Å². The first-order valence-corrected chi connectivity index (χ1v) is 9.26. The van der Waals surface area contributed by atoms with Crippen molar-refractivity contribution in [1.29, 1.82) is 0 Å². The number of rotatable bonds is 7. The van der Waals surface area contributed by atoms with Gasteiger partial charge in [-0.05, 0) is 69.2 Å². The Labute approximate surface area is 151 Å². The minimum absolute atomic E-state index is 0.0665. The average Bonchev–Trinajstić information content (AvgIpc) is 2.60. The molecule has 2 amide bonds. The van der Waals surface area contributed by atoms with Crippen LogP contribution in [-0.2, 0) is 4.79 Å². The second kappa shape index (κ2) is 9.40. The molecule has 0 fully saturated rings. The van der Waals surface area contributed by atoms with Crippen LogP contribution >= 0.6 is 0 Å². The van der Waals surface area contributed by atoms with E-state index in [1.165, 1.54) is 30.4 Å². The van der Waals surface area contributed by atoms with Crippen molar-refractivity contribution < 1.29 is 9.59 Å². The fourth-order valence-corrected chi connectivity index (χ4v) is 3.13. The van der Waals surface area contributed by atoms with E-state index >= 15 is 0 Å². The maximum absolute atomic E-state index is 12.2. The highest BCUT2D eigenvalue weighted by Gasteiger charge is 2.12. The predicted molar refractivity (Wildman–Crippen MR) is 102 cm³/mol. The highest BCUT2D eigenvalue weighted by molar-refractivity contribution is 5.94. The van der Waals surface area contributed by atoms with Crippen LogP contribution in [0.25, 0.3) is 0 Å². The zero-order valence-corrected chi connectivity index (χ0v) is 15.7. The van der Waals surface area contributed by atoms with Gasteiger partial charge in [-0.1, -0.05) is 17.7 Å². The number of nitrogens with one attached hydrogen (secondary N) is 1. The molecule has 0 unspecified atom stereocenters. The van der Waals surface area contributed by atoms with Crippen LogP contribution in [0, 0.1) is 13.8 Å². The number of allylic oxidation sites excluding steroid dienone is 1. The summed E-state index contributed by atoms with van der Waals surface area (Å²) in [5.41, 5.74) is 4.43. The molecule has 1 aromatic carbocycles. The summed E-state index contributed by atoms with van der Waals surface area (Å²) in [6.45, 7) is 7.40. The Bertz CT molecular complexity index is 649. The summed E-state index contributed by atoms with van der Waals surface area (Å²) in [4.78, 5) is 25.9. The number of aryl methyl sites for hydroxylation is 2. The van der Waals surface area contributed by atoms with Crippen molar-refractivity contribution in [2.45, 2.75) is 52.9 Å². The topological polar surface area (TPSA) is 49.4 Å². The lowest BCUT2D eigenvalue weighted by Gasteiger charge is -2.23. The fraction of sp³-hybridized carbons (Fsp3) is 0.524. The fourth-order valence-electron chi connectivity index (χ4n) is 3.13. The molecule has 0 saturated heterocycles. The third-order valence-electron chi connectivity index (χ3n) is 4.97. The van der Waals surface area contributed by atoms with Crippen molar-refractivity contribution in [1.82, 2.24) is 10.2 Å². The van der Waals surface area contributed by atoms with Crippen molar-refractivity contribution in [3.05, 3.63) is 46.5 Å². The van der Waals surface area contributed by atoms with Crippen LogP contribution in [0.5, 0.6) is 0 Å². The van der Waals surface area contributed by atoms with Gasteiger partial charge in [0.2, 0.25) is 5.91 Å².